The Hall–Kier alpha value is -4.34. The standard InChI is InChI=1S/C41H65N7O8/c1-41(40(56)47-34(25-28-17-19-30(49)20-18-28)35(50)26-29(39(54)55)24-27-12-5-6-13-27)21-9-3-2-4-14-31(44)36(51)45-32(15-7-10-22-42)37(52)46-33(38(53)48-41)16-8-11-23-43/h2,4,17-20,27,29,31-34,49H,3,5-16,21-26,42-44H2,1H3,(H,45,51)(H,46,52)(H,47,56)(H,48,53)(H,54,55)/t29-,31+,32+,33+,34+,41-/m1/s1. The number of phenolic OH excluding ortho intramolecular Hbond substituents is 1. The van der Waals surface area contributed by atoms with Crippen LogP contribution in [0, 0.1) is 11.8 Å². The molecule has 0 aromatic heterocycles. The Bertz CT molecular complexity index is 1480. The predicted molar refractivity (Wildman–Crippen MR) is 213 cm³/mol. The molecule has 56 heavy (non-hydrogen) atoms. The Kier molecular flexibility index (Phi) is 19.5. The molecule has 6 atom stereocenters. The molecule has 1 aliphatic heterocycles. The number of allylic oxidation sites excluding steroid dienone is 1. The summed E-state index contributed by atoms with van der Waals surface area (Å²) < 4.78 is 0. The van der Waals surface area contributed by atoms with Crippen LogP contribution in [0.1, 0.15) is 115 Å². The summed E-state index contributed by atoms with van der Waals surface area (Å²) in [6, 6.07) is 2.08. The minimum atomic E-state index is -1.56. The molecule has 1 aromatic rings. The van der Waals surface area contributed by atoms with Gasteiger partial charge in [0.15, 0.2) is 5.78 Å². The number of amides is 4. The summed E-state index contributed by atoms with van der Waals surface area (Å²) in [5.41, 5.74) is 16.7. The number of phenols is 1. The summed E-state index contributed by atoms with van der Waals surface area (Å²) in [6.45, 7) is 2.34. The third-order valence-corrected chi connectivity index (χ3v) is 11.0. The van der Waals surface area contributed by atoms with Crippen LogP contribution in [0.5, 0.6) is 5.75 Å². The van der Waals surface area contributed by atoms with Crippen molar-refractivity contribution in [3.05, 3.63) is 42.0 Å². The van der Waals surface area contributed by atoms with Gasteiger partial charge in [-0.3, -0.25) is 28.8 Å². The minimum absolute atomic E-state index is 0.0258. The Labute approximate surface area is 330 Å². The molecule has 12 N–H and O–H groups in total. The second-order valence-corrected chi connectivity index (χ2v) is 15.7. The third kappa shape index (κ3) is 15.3. The molecular formula is C41H65N7O8. The van der Waals surface area contributed by atoms with Gasteiger partial charge in [-0.15, -0.1) is 0 Å². The lowest BCUT2D eigenvalue weighted by Crippen LogP contribution is -2.63. The molecule has 0 unspecified atom stereocenters. The number of aromatic hydroxyl groups is 1. The fraction of sp³-hybridized carbons (Fsp3) is 0.659. The Morgan fingerprint density at radius 3 is 2.09 bits per heavy atom. The molecule has 15 nitrogen and oxygen atoms in total. The summed E-state index contributed by atoms with van der Waals surface area (Å²) in [5.74, 6) is -4.50. The average molecular weight is 784 g/mol. The van der Waals surface area contributed by atoms with E-state index in [0.717, 1.165) is 25.7 Å². The van der Waals surface area contributed by atoms with Gasteiger partial charge in [0, 0.05) is 6.42 Å². The highest BCUT2D eigenvalue weighted by Crippen LogP contribution is 2.32. The van der Waals surface area contributed by atoms with Gasteiger partial charge in [-0.05, 0) is 121 Å². The van der Waals surface area contributed by atoms with Crippen LogP contribution in [0.2, 0.25) is 0 Å². The molecule has 0 saturated heterocycles. The fourth-order valence-electron chi connectivity index (χ4n) is 7.44. The molecule has 0 radical (unpaired) electrons. The number of nitrogens with one attached hydrogen (secondary N) is 4. The highest BCUT2D eigenvalue weighted by molar-refractivity contribution is 5.98. The van der Waals surface area contributed by atoms with Crippen LogP contribution in [0.4, 0.5) is 0 Å². The van der Waals surface area contributed by atoms with Gasteiger partial charge in [0.1, 0.15) is 23.4 Å². The van der Waals surface area contributed by atoms with Crippen LogP contribution in [0.25, 0.3) is 0 Å². The van der Waals surface area contributed by atoms with Gasteiger partial charge in [-0.1, -0.05) is 50.0 Å². The Morgan fingerprint density at radius 1 is 0.875 bits per heavy atom. The fourth-order valence-corrected chi connectivity index (χ4v) is 7.44. The molecule has 15 heteroatoms. The predicted octanol–water partition coefficient (Wildman–Crippen LogP) is 2.22. The molecule has 312 valence electrons. The Balaban J connectivity index is 1.95. The van der Waals surface area contributed by atoms with Crippen molar-refractivity contribution < 1.29 is 39.0 Å². The SMILES string of the molecule is C[C@]1(C(=O)N[C@@H](Cc2ccc(O)cc2)C(=O)C[C@@H](CC2CCCC2)C(=O)O)CCCC=CC[C@H](N)C(=O)N[C@@H](CCCCN)C(=O)N[C@@H](CCCCN)C(=O)N1. The molecule has 2 aliphatic rings. The van der Waals surface area contributed by atoms with Gasteiger partial charge in [-0.2, -0.15) is 0 Å². The number of unbranched alkanes of at least 4 members (excludes halogenated alkanes) is 2. The summed E-state index contributed by atoms with van der Waals surface area (Å²) in [4.78, 5) is 81.6. The van der Waals surface area contributed by atoms with E-state index in [4.69, 9.17) is 17.2 Å². The quantitative estimate of drug-likeness (QED) is 0.0770. The Morgan fingerprint density at radius 2 is 1.48 bits per heavy atom. The summed E-state index contributed by atoms with van der Waals surface area (Å²) in [5, 5.41) is 31.3. The van der Waals surface area contributed by atoms with E-state index in [0.29, 0.717) is 63.6 Å². The highest BCUT2D eigenvalue weighted by atomic mass is 16.4. The van der Waals surface area contributed by atoms with E-state index in [9.17, 15) is 39.0 Å². The van der Waals surface area contributed by atoms with Gasteiger partial charge in [-0.25, -0.2) is 0 Å². The number of ketones is 1. The first-order valence-corrected chi connectivity index (χ1v) is 20.3. The molecule has 1 heterocycles. The van der Waals surface area contributed by atoms with Crippen LogP contribution >= 0.6 is 0 Å². The minimum Gasteiger partial charge on any atom is -0.508 e. The molecule has 0 spiro atoms. The zero-order valence-corrected chi connectivity index (χ0v) is 32.9. The van der Waals surface area contributed by atoms with E-state index >= 15 is 0 Å². The summed E-state index contributed by atoms with van der Waals surface area (Å²) >= 11 is 0. The lowest BCUT2D eigenvalue weighted by molar-refractivity contribution is -0.145. The number of carbonyl (C=O) groups is 6. The second-order valence-electron chi connectivity index (χ2n) is 15.7. The van der Waals surface area contributed by atoms with Crippen LogP contribution in [-0.2, 0) is 35.2 Å². The zero-order valence-electron chi connectivity index (χ0n) is 32.9. The van der Waals surface area contributed by atoms with Crippen molar-refractivity contribution in [1.29, 1.82) is 0 Å². The first kappa shape index (κ1) is 46.0. The molecule has 0 bridgehead atoms. The van der Waals surface area contributed by atoms with Gasteiger partial charge >= 0.3 is 5.97 Å². The van der Waals surface area contributed by atoms with Gasteiger partial charge in [0.05, 0.1) is 18.0 Å². The maximum absolute atomic E-state index is 14.4. The van der Waals surface area contributed by atoms with E-state index in [2.05, 4.69) is 21.3 Å². The molecule has 1 fully saturated rings. The number of nitrogens with two attached hydrogens (primary N) is 3. The monoisotopic (exact) mass is 783 g/mol. The maximum atomic E-state index is 14.4. The van der Waals surface area contributed by atoms with Gasteiger partial charge in [0.25, 0.3) is 0 Å². The van der Waals surface area contributed by atoms with Crippen molar-refractivity contribution in [1.82, 2.24) is 21.3 Å². The van der Waals surface area contributed by atoms with Crippen molar-refractivity contribution in [2.45, 2.75) is 146 Å². The van der Waals surface area contributed by atoms with Crippen LogP contribution in [0.15, 0.2) is 36.4 Å². The molecule has 3 rings (SSSR count). The normalized spacial score (nSPS) is 24.1. The maximum Gasteiger partial charge on any atom is 0.306 e. The number of rotatable bonds is 18. The van der Waals surface area contributed by atoms with Crippen molar-refractivity contribution in [3.8, 4) is 5.75 Å². The molecule has 1 aliphatic carbocycles. The largest absolute Gasteiger partial charge is 0.508 e. The molecule has 4 amide bonds. The van der Waals surface area contributed by atoms with E-state index in [1.54, 1.807) is 25.1 Å². The number of Topliss-reactive ketones (excluding diaryl/α,β-unsaturated/α-hetero) is 1. The first-order valence-electron chi connectivity index (χ1n) is 20.3. The number of aliphatic carboxylic acids is 1. The number of carbonyl (C=O) groups excluding carboxylic acids is 5. The lowest BCUT2D eigenvalue weighted by atomic mass is 9.86. The number of carboxylic acids is 1. The topological polar surface area (TPSA) is 269 Å². The van der Waals surface area contributed by atoms with Crippen molar-refractivity contribution in [2.24, 2.45) is 29.0 Å². The molecule has 1 saturated carbocycles. The summed E-state index contributed by atoms with van der Waals surface area (Å²) in [6.07, 6.45) is 11.6. The number of benzene rings is 1. The van der Waals surface area contributed by atoms with Gasteiger partial charge in [0.2, 0.25) is 23.6 Å². The van der Waals surface area contributed by atoms with Crippen LogP contribution in [0.3, 0.4) is 0 Å². The first-order chi connectivity index (χ1) is 26.8. The van der Waals surface area contributed by atoms with Crippen molar-refractivity contribution in [2.75, 3.05) is 13.1 Å². The van der Waals surface area contributed by atoms with E-state index in [-0.39, 0.29) is 50.2 Å². The van der Waals surface area contributed by atoms with E-state index < -0.39 is 71.0 Å². The van der Waals surface area contributed by atoms with Gasteiger partial charge < -0.3 is 48.7 Å². The van der Waals surface area contributed by atoms with Crippen LogP contribution < -0.4 is 38.5 Å². The second kappa shape index (κ2) is 23.7. The van der Waals surface area contributed by atoms with Crippen molar-refractivity contribution in [3.63, 3.8) is 0 Å². The van der Waals surface area contributed by atoms with E-state index in [1.807, 2.05) is 6.08 Å². The number of hydrogen-bond donors (Lipinski definition) is 9. The number of hydrogen-bond acceptors (Lipinski definition) is 10. The summed E-state index contributed by atoms with van der Waals surface area (Å²) in [7, 11) is 0. The molecular weight excluding hydrogens is 718 g/mol. The van der Waals surface area contributed by atoms with Crippen LogP contribution in [-0.4, -0.2) is 88.4 Å². The number of carboxylic acid groups (broad SMARTS) is 1. The average Bonchev–Trinajstić information content (AvgIpc) is 3.68. The smallest absolute Gasteiger partial charge is 0.306 e. The van der Waals surface area contributed by atoms with Crippen molar-refractivity contribution >= 4 is 35.4 Å². The lowest BCUT2D eigenvalue weighted by Gasteiger charge is -2.34. The third-order valence-electron chi connectivity index (χ3n) is 11.0. The van der Waals surface area contributed by atoms with E-state index in [1.165, 1.54) is 12.1 Å². The molecule has 1 aromatic carbocycles. The zero-order chi connectivity index (χ0) is 41.1. The highest BCUT2D eigenvalue weighted by Gasteiger charge is 2.40.